The second kappa shape index (κ2) is 6.95. The minimum absolute atomic E-state index is 0.00393. The van der Waals surface area contributed by atoms with Crippen LogP contribution >= 0.6 is 0 Å². The number of rotatable bonds is 4. The van der Waals surface area contributed by atoms with Crippen LogP contribution in [0, 0.1) is 11.6 Å². The molecule has 0 bridgehead atoms. The maximum absolute atomic E-state index is 13.5. The molecule has 3 N–H and O–H groups in total. The van der Waals surface area contributed by atoms with Gasteiger partial charge in [0.2, 0.25) is 5.91 Å². The summed E-state index contributed by atoms with van der Waals surface area (Å²) in [7, 11) is 0. The zero-order chi connectivity index (χ0) is 15.4. The SMILES string of the molecule is CC(N)C1CCCCN1CC(=O)Nc1ccc(F)cc1F. The number of hydrogen-bond donors (Lipinski definition) is 2. The predicted molar refractivity (Wildman–Crippen MR) is 77.8 cm³/mol. The third kappa shape index (κ3) is 4.22. The van der Waals surface area contributed by atoms with Crippen molar-refractivity contribution < 1.29 is 13.6 Å². The molecular weight excluding hydrogens is 276 g/mol. The Hall–Kier alpha value is -1.53. The number of carbonyl (C=O) groups excluding carboxylic acids is 1. The molecule has 1 aliphatic rings. The highest BCUT2D eigenvalue weighted by atomic mass is 19.1. The van der Waals surface area contributed by atoms with E-state index >= 15 is 0 Å². The van der Waals surface area contributed by atoms with Crippen molar-refractivity contribution in [2.75, 3.05) is 18.4 Å². The van der Waals surface area contributed by atoms with Crippen molar-refractivity contribution in [2.45, 2.75) is 38.3 Å². The van der Waals surface area contributed by atoms with Crippen LogP contribution in [-0.4, -0.2) is 36.0 Å². The third-order valence-corrected chi connectivity index (χ3v) is 3.82. The molecule has 1 amide bonds. The van der Waals surface area contributed by atoms with Gasteiger partial charge in [-0.15, -0.1) is 0 Å². The molecule has 1 aromatic rings. The molecule has 0 saturated carbocycles. The van der Waals surface area contributed by atoms with Crippen LogP contribution in [0.3, 0.4) is 0 Å². The van der Waals surface area contributed by atoms with E-state index < -0.39 is 11.6 Å². The monoisotopic (exact) mass is 297 g/mol. The fourth-order valence-electron chi connectivity index (χ4n) is 2.77. The average Bonchev–Trinajstić information content (AvgIpc) is 2.42. The van der Waals surface area contributed by atoms with Crippen molar-refractivity contribution in [1.29, 1.82) is 0 Å². The minimum atomic E-state index is -0.772. The fourth-order valence-corrected chi connectivity index (χ4v) is 2.77. The molecule has 0 aliphatic carbocycles. The van der Waals surface area contributed by atoms with Gasteiger partial charge >= 0.3 is 0 Å². The normalized spacial score (nSPS) is 21.0. The Labute approximate surface area is 123 Å². The first-order valence-electron chi connectivity index (χ1n) is 7.22. The van der Waals surface area contributed by atoms with Gasteiger partial charge in [0.25, 0.3) is 0 Å². The van der Waals surface area contributed by atoms with E-state index in [4.69, 9.17) is 5.73 Å². The minimum Gasteiger partial charge on any atom is -0.327 e. The number of nitrogens with zero attached hydrogens (tertiary/aromatic N) is 1. The van der Waals surface area contributed by atoms with Crippen LogP contribution in [0.4, 0.5) is 14.5 Å². The summed E-state index contributed by atoms with van der Waals surface area (Å²) < 4.78 is 26.3. The van der Waals surface area contributed by atoms with E-state index in [1.165, 1.54) is 6.07 Å². The summed E-state index contributed by atoms with van der Waals surface area (Å²) in [5.74, 6) is -1.75. The van der Waals surface area contributed by atoms with Gasteiger partial charge in [-0.25, -0.2) is 8.78 Å². The molecule has 116 valence electrons. The van der Waals surface area contributed by atoms with Crippen molar-refractivity contribution in [1.82, 2.24) is 4.90 Å². The molecule has 0 spiro atoms. The average molecular weight is 297 g/mol. The largest absolute Gasteiger partial charge is 0.327 e. The number of nitrogens with one attached hydrogen (secondary N) is 1. The fraction of sp³-hybridized carbons (Fsp3) is 0.533. The van der Waals surface area contributed by atoms with Crippen molar-refractivity contribution in [3.05, 3.63) is 29.8 Å². The summed E-state index contributed by atoms with van der Waals surface area (Å²) in [5, 5.41) is 2.48. The van der Waals surface area contributed by atoms with E-state index in [9.17, 15) is 13.6 Å². The quantitative estimate of drug-likeness (QED) is 0.895. The third-order valence-electron chi connectivity index (χ3n) is 3.82. The van der Waals surface area contributed by atoms with Gasteiger partial charge in [-0.2, -0.15) is 0 Å². The number of halogens is 2. The molecule has 1 saturated heterocycles. The Morgan fingerprint density at radius 2 is 2.24 bits per heavy atom. The lowest BCUT2D eigenvalue weighted by atomic mass is 9.97. The molecule has 2 unspecified atom stereocenters. The second-order valence-corrected chi connectivity index (χ2v) is 5.57. The highest BCUT2D eigenvalue weighted by Gasteiger charge is 2.27. The van der Waals surface area contributed by atoms with E-state index in [0.717, 1.165) is 37.9 Å². The first-order valence-corrected chi connectivity index (χ1v) is 7.22. The van der Waals surface area contributed by atoms with Gasteiger partial charge in [-0.3, -0.25) is 9.69 Å². The van der Waals surface area contributed by atoms with Crippen molar-refractivity contribution in [2.24, 2.45) is 5.73 Å². The highest BCUT2D eigenvalue weighted by Crippen LogP contribution is 2.19. The molecule has 21 heavy (non-hydrogen) atoms. The smallest absolute Gasteiger partial charge is 0.238 e. The van der Waals surface area contributed by atoms with Gasteiger partial charge in [-0.1, -0.05) is 6.42 Å². The van der Waals surface area contributed by atoms with Gasteiger partial charge in [0.15, 0.2) is 0 Å². The van der Waals surface area contributed by atoms with Crippen molar-refractivity contribution >= 4 is 11.6 Å². The first kappa shape index (κ1) is 15.9. The number of carbonyl (C=O) groups is 1. The van der Waals surface area contributed by atoms with Crippen LogP contribution in [-0.2, 0) is 4.79 Å². The summed E-state index contributed by atoms with van der Waals surface area (Å²) in [5.41, 5.74) is 5.95. The van der Waals surface area contributed by atoms with Crippen LogP contribution in [0.15, 0.2) is 18.2 Å². The molecular formula is C15H21F2N3O. The lowest BCUT2D eigenvalue weighted by molar-refractivity contribution is -0.118. The summed E-state index contributed by atoms with van der Waals surface area (Å²) >= 11 is 0. The molecule has 1 aromatic carbocycles. The van der Waals surface area contributed by atoms with E-state index in [0.29, 0.717) is 0 Å². The van der Waals surface area contributed by atoms with Crippen LogP contribution < -0.4 is 11.1 Å². The molecule has 1 aliphatic heterocycles. The number of hydrogen-bond acceptors (Lipinski definition) is 3. The number of piperidine rings is 1. The first-order chi connectivity index (χ1) is 9.97. The number of anilines is 1. The summed E-state index contributed by atoms with van der Waals surface area (Å²) in [4.78, 5) is 14.1. The van der Waals surface area contributed by atoms with Gasteiger partial charge in [0.05, 0.1) is 12.2 Å². The number of likely N-dealkylation sites (tertiary alicyclic amines) is 1. The molecule has 0 aromatic heterocycles. The Morgan fingerprint density at radius 3 is 2.90 bits per heavy atom. The lowest BCUT2D eigenvalue weighted by Crippen LogP contribution is -2.51. The Kier molecular flexibility index (Phi) is 5.25. The molecule has 1 fully saturated rings. The Bertz CT molecular complexity index is 508. The lowest BCUT2D eigenvalue weighted by Gasteiger charge is -2.37. The number of amides is 1. The van der Waals surface area contributed by atoms with Crippen LogP contribution in [0.25, 0.3) is 0 Å². The maximum atomic E-state index is 13.5. The maximum Gasteiger partial charge on any atom is 0.238 e. The zero-order valence-corrected chi connectivity index (χ0v) is 12.1. The Balaban J connectivity index is 1.97. The van der Waals surface area contributed by atoms with Gasteiger partial charge < -0.3 is 11.1 Å². The molecule has 1 heterocycles. The van der Waals surface area contributed by atoms with Gasteiger partial charge in [-0.05, 0) is 38.4 Å². The van der Waals surface area contributed by atoms with E-state index in [1.54, 1.807) is 0 Å². The zero-order valence-electron chi connectivity index (χ0n) is 12.1. The molecule has 6 heteroatoms. The van der Waals surface area contributed by atoms with Gasteiger partial charge in [0.1, 0.15) is 11.6 Å². The van der Waals surface area contributed by atoms with Crippen LogP contribution in [0.1, 0.15) is 26.2 Å². The standard InChI is InChI=1S/C15H21F2N3O/c1-10(18)14-4-2-3-7-20(14)9-15(21)19-13-6-5-11(16)8-12(13)17/h5-6,8,10,14H,2-4,7,9,18H2,1H3,(H,19,21). The predicted octanol–water partition coefficient (Wildman–Crippen LogP) is 2.10. The molecule has 0 radical (unpaired) electrons. The number of benzene rings is 1. The summed E-state index contributed by atoms with van der Waals surface area (Å²) in [6, 6.07) is 3.25. The highest BCUT2D eigenvalue weighted by molar-refractivity contribution is 5.92. The number of nitrogens with two attached hydrogens (primary N) is 1. The van der Waals surface area contributed by atoms with Crippen molar-refractivity contribution in [3.8, 4) is 0 Å². The van der Waals surface area contributed by atoms with Gasteiger partial charge in [0, 0.05) is 18.2 Å². The van der Waals surface area contributed by atoms with E-state index in [2.05, 4.69) is 5.32 Å². The molecule has 4 nitrogen and oxygen atoms in total. The Morgan fingerprint density at radius 1 is 1.48 bits per heavy atom. The summed E-state index contributed by atoms with van der Waals surface area (Å²) in [6.07, 6.45) is 3.11. The van der Waals surface area contributed by atoms with Crippen LogP contribution in [0.2, 0.25) is 0 Å². The van der Waals surface area contributed by atoms with Crippen molar-refractivity contribution in [3.63, 3.8) is 0 Å². The second-order valence-electron chi connectivity index (χ2n) is 5.57. The molecule has 2 rings (SSSR count). The van der Waals surface area contributed by atoms with Crippen LogP contribution in [0.5, 0.6) is 0 Å². The van der Waals surface area contributed by atoms with E-state index in [-0.39, 0.29) is 30.2 Å². The summed E-state index contributed by atoms with van der Waals surface area (Å²) in [6.45, 7) is 2.91. The molecule has 2 atom stereocenters. The topological polar surface area (TPSA) is 58.4 Å². The van der Waals surface area contributed by atoms with E-state index in [1.807, 2.05) is 11.8 Å².